The van der Waals surface area contributed by atoms with Crippen LogP contribution in [0.5, 0.6) is 5.75 Å². The van der Waals surface area contributed by atoms with Gasteiger partial charge in [-0.3, -0.25) is 10.1 Å². The number of halogens is 1. The highest BCUT2D eigenvalue weighted by Crippen LogP contribution is 2.28. The van der Waals surface area contributed by atoms with Crippen LogP contribution in [0.1, 0.15) is 16.7 Å². The third kappa shape index (κ3) is 3.27. The molecular weight excluding hydrogens is 278 g/mol. The van der Waals surface area contributed by atoms with E-state index in [0.717, 1.165) is 5.56 Å². The van der Waals surface area contributed by atoms with Crippen LogP contribution >= 0.6 is 11.6 Å². The predicted molar refractivity (Wildman–Crippen MR) is 78.4 cm³/mol. The standard InChI is InChI=1S/C15H14ClNO3/c1-10-7-14(8-11(2)15(10)17(18)19)20-9-12-3-5-13(16)6-4-12/h3-8H,9H2,1-2H3. The molecule has 0 saturated carbocycles. The summed E-state index contributed by atoms with van der Waals surface area (Å²) in [7, 11) is 0. The molecule has 0 spiro atoms. The lowest BCUT2D eigenvalue weighted by molar-refractivity contribution is -0.386. The summed E-state index contributed by atoms with van der Waals surface area (Å²) < 4.78 is 5.66. The molecule has 0 N–H and O–H groups in total. The molecule has 0 radical (unpaired) electrons. The minimum Gasteiger partial charge on any atom is -0.489 e. The maximum Gasteiger partial charge on any atom is 0.275 e. The highest BCUT2D eigenvalue weighted by atomic mass is 35.5. The molecule has 0 heterocycles. The van der Waals surface area contributed by atoms with Crippen LogP contribution in [0.15, 0.2) is 36.4 Å². The first-order chi connectivity index (χ1) is 9.47. The van der Waals surface area contributed by atoms with E-state index in [4.69, 9.17) is 16.3 Å². The summed E-state index contributed by atoms with van der Waals surface area (Å²) in [6.45, 7) is 3.81. The minimum atomic E-state index is -0.367. The molecule has 0 saturated heterocycles. The zero-order valence-corrected chi connectivity index (χ0v) is 12.0. The van der Waals surface area contributed by atoms with E-state index in [2.05, 4.69) is 0 Å². The normalized spacial score (nSPS) is 10.3. The molecule has 2 aromatic rings. The smallest absolute Gasteiger partial charge is 0.275 e. The van der Waals surface area contributed by atoms with Gasteiger partial charge in [-0.05, 0) is 43.7 Å². The molecule has 4 nitrogen and oxygen atoms in total. The Morgan fingerprint density at radius 1 is 1.15 bits per heavy atom. The number of benzene rings is 2. The number of hydrogen-bond donors (Lipinski definition) is 0. The minimum absolute atomic E-state index is 0.142. The number of rotatable bonds is 4. The van der Waals surface area contributed by atoms with Gasteiger partial charge in [0.05, 0.1) is 4.92 Å². The molecule has 0 unspecified atom stereocenters. The zero-order valence-electron chi connectivity index (χ0n) is 11.2. The van der Waals surface area contributed by atoms with E-state index in [1.165, 1.54) is 0 Å². The molecule has 2 rings (SSSR count). The van der Waals surface area contributed by atoms with Crippen LogP contribution in [-0.2, 0) is 6.61 Å². The summed E-state index contributed by atoms with van der Waals surface area (Å²) in [4.78, 5) is 10.5. The van der Waals surface area contributed by atoms with Gasteiger partial charge in [-0.1, -0.05) is 23.7 Å². The second kappa shape index (κ2) is 5.92. The van der Waals surface area contributed by atoms with Gasteiger partial charge >= 0.3 is 0 Å². The Morgan fingerprint density at radius 2 is 1.70 bits per heavy atom. The number of nitro benzene ring substituents is 1. The van der Waals surface area contributed by atoms with Gasteiger partial charge in [-0.2, -0.15) is 0 Å². The quantitative estimate of drug-likeness (QED) is 0.618. The van der Waals surface area contributed by atoms with Gasteiger partial charge in [0.1, 0.15) is 12.4 Å². The van der Waals surface area contributed by atoms with Gasteiger partial charge in [0.2, 0.25) is 0 Å². The Labute approximate surface area is 122 Å². The third-order valence-corrected chi connectivity index (χ3v) is 3.22. The zero-order chi connectivity index (χ0) is 14.7. The molecule has 20 heavy (non-hydrogen) atoms. The maximum atomic E-state index is 10.9. The Kier molecular flexibility index (Phi) is 4.25. The van der Waals surface area contributed by atoms with Gasteiger partial charge < -0.3 is 4.74 Å². The number of aryl methyl sites for hydroxylation is 2. The first-order valence-electron chi connectivity index (χ1n) is 6.10. The molecule has 0 aliphatic carbocycles. The number of nitro groups is 1. The van der Waals surface area contributed by atoms with E-state index in [1.807, 2.05) is 12.1 Å². The van der Waals surface area contributed by atoms with Crippen molar-refractivity contribution in [3.8, 4) is 5.75 Å². The highest BCUT2D eigenvalue weighted by molar-refractivity contribution is 6.30. The van der Waals surface area contributed by atoms with Crippen molar-refractivity contribution in [2.45, 2.75) is 20.5 Å². The Morgan fingerprint density at radius 3 is 2.20 bits per heavy atom. The van der Waals surface area contributed by atoms with E-state index >= 15 is 0 Å². The fraction of sp³-hybridized carbons (Fsp3) is 0.200. The average Bonchev–Trinajstić information content (AvgIpc) is 2.37. The summed E-state index contributed by atoms with van der Waals surface area (Å²) in [6.07, 6.45) is 0. The monoisotopic (exact) mass is 291 g/mol. The Bertz CT molecular complexity index is 615. The van der Waals surface area contributed by atoms with Crippen molar-refractivity contribution in [2.75, 3.05) is 0 Å². The molecule has 0 fully saturated rings. The van der Waals surface area contributed by atoms with Crippen molar-refractivity contribution in [3.63, 3.8) is 0 Å². The molecule has 104 valence electrons. The lowest BCUT2D eigenvalue weighted by Gasteiger charge is -2.09. The van der Waals surface area contributed by atoms with Gasteiger partial charge in [0.25, 0.3) is 5.69 Å². The topological polar surface area (TPSA) is 52.4 Å². The van der Waals surface area contributed by atoms with Crippen molar-refractivity contribution in [1.29, 1.82) is 0 Å². The highest BCUT2D eigenvalue weighted by Gasteiger charge is 2.15. The molecule has 5 heteroatoms. The van der Waals surface area contributed by atoms with Crippen LogP contribution in [0.4, 0.5) is 5.69 Å². The van der Waals surface area contributed by atoms with Gasteiger partial charge in [-0.15, -0.1) is 0 Å². The summed E-state index contributed by atoms with van der Waals surface area (Å²) in [5.41, 5.74) is 2.33. The van der Waals surface area contributed by atoms with Gasteiger partial charge in [0, 0.05) is 16.1 Å². The summed E-state index contributed by atoms with van der Waals surface area (Å²) in [6, 6.07) is 10.7. The van der Waals surface area contributed by atoms with E-state index in [9.17, 15) is 10.1 Å². The van der Waals surface area contributed by atoms with Gasteiger partial charge in [0.15, 0.2) is 0 Å². The summed E-state index contributed by atoms with van der Waals surface area (Å²) in [5, 5.41) is 11.6. The Balaban J connectivity index is 2.14. The second-order valence-corrected chi connectivity index (χ2v) is 5.01. The maximum absolute atomic E-state index is 10.9. The Hall–Kier alpha value is -2.07. The predicted octanol–water partition coefficient (Wildman–Crippen LogP) is 4.44. The van der Waals surface area contributed by atoms with Crippen LogP contribution < -0.4 is 4.74 Å². The number of ether oxygens (including phenoxy) is 1. The van der Waals surface area contributed by atoms with E-state index < -0.39 is 0 Å². The second-order valence-electron chi connectivity index (χ2n) is 4.58. The summed E-state index contributed by atoms with van der Waals surface area (Å²) in [5.74, 6) is 0.626. The fourth-order valence-electron chi connectivity index (χ4n) is 2.03. The number of hydrogen-bond acceptors (Lipinski definition) is 3. The molecular formula is C15H14ClNO3. The first kappa shape index (κ1) is 14.3. The van der Waals surface area contributed by atoms with E-state index in [1.54, 1.807) is 38.1 Å². The molecule has 0 aromatic heterocycles. The van der Waals surface area contributed by atoms with Crippen LogP contribution in [0.25, 0.3) is 0 Å². The van der Waals surface area contributed by atoms with Crippen molar-refractivity contribution in [3.05, 3.63) is 68.2 Å². The fourth-order valence-corrected chi connectivity index (χ4v) is 2.16. The van der Waals surface area contributed by atoms with Crippen LogP contribution in [0.2, 0.25) is 5.02 Å². The van der Waals surface area contributed by atoms with Gasteiger partial charge in [-0.25, -0.2) is 0 Å². The van der Waals surface area contributed by atoms with Crippen LogP contribution in [0.3, 0.4) is 0 Å². The lowest BCUT2D eigenvalue weighted by atomic mass is 10.1. The molecule has 0 amide bonds. The third-order valence-electron chi connectivity index (χ3n) is 2.97. The molecule has 0 bridgehead atoms. The lowest BCUT2D eigenvalue weighted by Crippen LogP contribution is -1.99. The largest absolute Gasteiger partial charge is 0.489 e. The van der Waals surface area contributed by atoms with Crippen LogP contribution in [0, 0.1) is 24.0 Å². The molecule has 2 aromatic carbocycles. The van der Waals surface area contributed by atoms with Crippen molar-refractivity contribution in [1.82, 2.24) is 0 Å². The van der Waals surface area contributed by atoms with Crippen LogP contribution in [-0.4, -0.2) is 4.92 Å². The summed E-state index contributed by atoms with van der Waals surface area (Å²) >= 11 is 5.81. The van der Waals surface area contributed by atoms with Crippen molar-refractivity contribution >= 4 is 17.3 Å². The molecule has 0 atom stereocenters. The van der Waals surface area contributed by atoms with Crippen molar-refractivity contribution in [2.24, 2.45) is 0 Å². The van der Waals surface area contributed by atoms with Crippen molar-refractivity contribution < 1.29 is 9.66 Å². The molecule has 0 aliphatic heterocycles. The first-order valence-corrected chi connectivity index (χ1v) is 6.48. The number of nitrogens with zero attached hydrogens (tertiary/aromatic N) is 1. The molecule has 0 aliphatic rings. The van der Waals surface area contributed by atoms with E-state index in [-0.39, 0.29) is 10.6 Å². The SMILES string of the molecule is Cc1cc(OCc2ccc(Cl)cc2)cc(C)c1[N+](=O)[O-]. The average molecular weight is 292 g/mol. The van der Waals surface area contributed by atoms with E-state index in [0.29, 0.717) is 28.5 Å².